The van der Waals surface area contributed by atoms with Gasteiger partial charge in [-0.3, -0.25) is 9.89 Å². The van der Waals surface area contributed by atoms with E-state index >= 15 is 0 Å². The maximum Gasteiger partial charge on any atom is 0.255 e. The minimum Gasteiger partial charge on any atom is -0.497 e. The summed E-state index contributed by atoms with van der Waals surface area (Å²) in [5.41, 5.74) is 2.13. The predicted octanol–water partition coefficient (Wildman–Crippen LogP) is 2.38. The lowest BCUT2D eigenvalue weighted by molar-refractivity contribution is 0.0169. The van der Waals surface area contributed by atoms with Gasteiger partial charge in [-0.15, -0.1) is 0 Å². The first kappa shape index (κ1) is 15.6. The Morgan fingerprint density at radius 3 is 2.91 bits per heavy atom. The highest BCUT2D eigenvalue weighted by Crippen LogP contribution is 2.23. The van der Waals surface area contributed by atoms with E-state index in [1.807, 2.05) is 24.3 Å². The Labute approximate surface area is 135 Å². The maximum absolute atomic E-state index is 12.4. The molecule has 1 aromatic heterocycles. The van der Waals surface area contributed by atoms with Crippen molar-refractivity contribution in [1.29, 1.82) is 0 Å². The topological polar surface area (TPSA) is 76.2 Å². The third kappa shape index (κ3) is 3.71. The number of carbonyl (C=O) groups is 1. The molecule has 0 spiro atoms. The number of methoxy groups -OCH3 is 1. The van der Waals surface area contributed by atoms with Crippen LogP contribution in [0.4, 0.5) is 0 Å². The molecule has 1 amide bonds. The van der Waals surface area contributed by atoms with E-state index in [9.17, 15) is 4.79 Å². The molecule has 1 saturated heterocycles. The van der Waals surface area contributed by atoms with Gasteiger partial charge in [-0.1, -0.05) is 0 Å². The normalized spacial score (nSPS) is 17.7. The highest BCUT2D eigenvalue weighted by Gasteiger charge is 2.18. The van der Waals surface area contributed by atoms with E-state index in [2.05, 4.69) is 15.5 Å². The van der Waals surface area contributed by atoms with Crippen molar-refractivity contribution in [2.24, 2.45) is 0 Å². The van der Waals surface area contributed by atoms with E-state index in [4.69, 9.17) is 9.47 Å². The number of nitrogens with zero attached hydrogens (tertiary/aromatic N) is 1. The van der Waals surface area contributed by atoms with Gasteiger partial charge in [0.25, 0.3) is 5.91 Å². The summed E-state index contributed by atoms with van der Waals surface area (Å²) >= 11 is 0. The first-order chi connectivity index (χ1) is 11.3. The minimum atomic E-state index is -0.140. The summed E-state index contributed by atoms with van der Waals surface area (Å²) in [6.45, 7) is 1.31. The predicted molar refractivity (Wildman–Crippen MR) is 86.5 cm³/mol. The number of ether oxygens (including phenoxy) is 2. The summed E-state index contributed by atoms with van der Waals surface area (Å²) < 4.78 is 10.8. The fourth-order valence-electron chi connectivity index (χ4n) is 2.71. The monoisotopic (exact) mass is 315 g/mol. The molecule has 23 heavy (non-hydrogen) atoms. The molecule has 0 radical (unpaired) electrons. The molecule has 0 saturated carbocycles. The third-order valence-corrected chi connectivity index (χ3v) is 4.03. The van der Waals surface area contributed by atoms with Crippen LogP contribution in [0.2, 0.25) is 0 Å². The zero-order chi connectivity index (χ0) is 16.1. The van der Waals surface area contributed by atoms with Crippen molar-refractivity contribution in [2.45, 2.75) is 25.4 Å². The second-order valence-corrected chi connectivity index (χ2v) is 5.59. The van der Waals surface area contributed by atoms with Gasteiger partial charge >= 0.3 is 0 Å². The summed E-state index contributed by atoms with van der Waals surface area (Å²) in [6, 6.07) is 7.50. The van der Waals surface area contributed by atoms with Gasteiger partial charge in [0.05, 0.1) is 30.7 Å². The standard InChI is InChI=1S/C17H21N3O3/c1-22-13-7-5-12(6-8-13)16-15(11-19-20-16)17(21)18-10-14-4-2-3-9-23-14/h5-8,11,14H,2-4,9-10H2,1H3,(H,18,21)(H,19,20). The number of nitrogens with one attached hydrogen (secondary N) is 2. The Morgan fingerprint density at radius 2 is 2.22 bits per heavy atom. The number of aromatic nitrogens is 2. The zero-order valence-corrected chi connectivity index (χ0v) is 13.2. The molecule has 1 aliphatic rings. The van der Waals surface area contributed by atoms with Gasteiger partial charge in [-0.2, -0.15) is 5.10 Å². The van der Waals surface area contributed by atoms with Crippen molar-refractivity contribution in [2.75, 3.05) is 20.3 Å². The molecule has 6 heteroatoms. The molecule has 2 aromatic rings. The van der Waals surface area contributed by atoms with Gasteiger partial charge < -0.3 is 14.8 Å². The van der Waals surface area contributed by atoms with E-state index in [0.717, 1.165) is 37.2 Å². The van der Waals surface area contributed by atoms with E-state index in [1.54, 1.807) is 13.3 Å². The average Bonchev–Trinajstić information content (AvgIpc) is 3.10. The Kier molecular flexibility index (Phi) is 4.92. The summed E-state index contributed by atoms with van der Waals surface area (Å²) in [6.07, 6.45) is 4.93. The lowest BCUT2D eigenvalue weighted by atomic mass is 10.1. The van der Waals surface area contributed by atoms with Crippen LogP contribution in [0.3, 0.4) is 0 Å². The Hall–Kier alpha value is -2.34. The lowest BCUT2D eigenvalue weighted by Crippen LogP contribution is -2.35. The van der Waals surface area contributed by atoms with Crippen LogP contribution in [0, 0.1) is 0 Å². The quantitative estimate of drug-likeness (QED) is 0.888. The molecule has 122 valence electrons. The van der Waals surface area contributed by atoms with Crippen LogP contribution in [-0.2, 0) is 4.74 Å². The average molecular weight is 315 g/mol. The van der Waals surface area contributed by atoms with Crippen molar-refractivity contribution >= 4 is 5.91 Å². The van der Waals surface area contributed by atoms with Crippen LogP contribution in [-0.4, -0.2) is 42.5 Å². The molecule has 1 aliphatic heterocycles. The van der Waals surface area contributed by atoms with E-state index in [0.29, 0.717) is 17.8 Å². The smallest absolute Gasteiger partial charge is 0.255 e. The van der Waals surface area contributed by atoms with Crippen LogP contribution >= 0.6 is 0 Å². The molecular weight excluding hydrogens is 294 g/mol. The molecule has 1 unspecified atom stereocenters. The number of aromatic amines is 1. The molecular formula is C17H21N3O3. The minimum absolute atomic E-state index is 0.115. The van der Waals surface area contributed by atoms with Crippen LogP contribution in [0.5, 0.6) is 5.75 Å². The number of rotatable bonds is 5. The molecule has 1 fully saturated rings. The number of hydrogen-bond donors (Lipinski definition) is 2. The second kappa shape index (κ2) is 7.28. The van der Waals surface area contributed by atoms with Crippen LogP contribution in [0.15, 0.2) is 30.5 Å². The Bertz CT molecular complexity index is 645. The Morgan fingerprint density at radius 1 is 1.39 bits per heavy atom. The summed E-state index contributed by atoms with van der Waals surface area (Å²) in [7, 11) is 1.62. The van der Waals surface area contributed by atoms with Crippen molar-refractivity contribution in [3.05, 3.63) is 36.0 Å². The highest BCUT2D eigenvalue weighted by atomic mass is 16.5. The highest BCUT2D eigenvalue weighted by molar-refractivity contribution is 5.99. The van der Waals surface area contributed by atoms with E-state index in [-0.39, 0.29) is 12.0 Å². The Balaban J connectivity index is 1.67. The molecule has 1 aromatic carbocycles. The van der Waals surface area contributed by atoms with Crippen molar-refractivity contribution < 1.29 is 14.3 Å². The summed E-state index contributed by atoms with van der Waals surface area (Å²) in [5, 5.41) is 9.84. The number of H-pyrrole nitrogens is 1. The SMILES string of the molecule is COc1ccc(-c2[nH]ncc2C(=O)NCC2CCCCO2)cc1. The van der Waals surface area contributed by atoms with Gasteiger partial charge in [0.2, 0.25) is 0 Å². The van der Waals surface area contributed by atoms with E-state index in [1.165, 1.54) is 0 Å². The van der Waals surface area contributed by atoms with Crippen molar-refractivity contribution in [3.8, 4) is 17.0 Å². The number of benzene rings is 1. The third-order valence-electron chi connectivity index (χ3n) is 4.03. The number of carbonyl (C=O) groups excluding carboxylic acids is 1. The zero-order valence-electron chi connectivity index (χ0n) is 13.2. The molecule has 1 atom stereocenters. The van der Waals surface area contributed by atoms with Gasteiger partial charge in [-0.25, -0.2) is 0 Å². The second-order valence-electron chi connectivity index (χ2n) is 5.59. The molecule has 0 aliphatic carbocycles. The summed E-state index contributed by atoms with van der Waals surface area (Å²) in [5.74, 6) is 0.632. The van der Waals surface area contributed by atoms with Gasteiger partial charge in [0.1, 0.15) is 5.75 Å². The fourth-order valence-corrected chi connectivity index (χ4v) is 2.71. The molecule has 3 rings (SSSR count). The molecule has 2 N–H and O–H groups in total. The molecule has 0 bridgehead atoms. The fraction of sp³-hybridized carbons (Fsp3) is 0.412. The van der Waals surface area contributed by atoms with Gasteiger partial charge in [0.15, 0.2) is 0 Å². The lowest BCUT2D eigenvalue weighted by Gasteiger charge is -2.22. The maximum atomic E-state index is 12.4. The summed E-state index contributed by atoms with van der Waals surface area (Å²) in [4.78, 5) is 12.4. The van der Waals surface area contributed by atoms with Gasteiger partial charge in [-0.05, 0) is 43.5 Å². The van der Waals surface area contributed by atoms with E-state index < -0.39 is 0 Å². The first-order valence-electron chi connectivity index (χ1n) is 7.85. The molecule has 2 heterocycles. The first-order valence-corrected chi connectivity index (χ1v) is 7.85. The molecule has 6 nitrogen and oxygen atoms in total. The van der Waals surface area contributed by atoms with Crippen LogP contribution in [0.25, 0.3) is 11.3 Å². The number of amides is 1. The van der Waals surface area contributed by atoms with Crippen LogP contribution < -0.4 is 10.1 Å². The number of hydrogen-bond acceptors (Lipinski definition) is 4. The van der Waals surface area contributed by atoms with Crippen LogP contribution in [0.1, 0.15) is 29.6 Å². The van der Waals surface area contributed by atoms with Crippen molar-refractivity contribution in [1.82, 2.24) is 15.5 Å². The largest absolute Gasteiger partial charge is 0.497 e. The van der Waals surface area contributed by atoms with Gasteiger partial charge in [0, 0.05) is 18.7 Å². The van der Waals surface area contributed by atoms with Crippen molar-refractivity contribution in [3.63, 3.8) is 0 Å².